The zero-order valence-corrected chi connectivity index (χ0v) is 15.6. The van der Waals surface area contributed by atoms with E-state index < -0.39 is 0 Å². The predicted molar refractivity (Wildman–Crippen MR) is 104 cm³/mol. The summed E-state index contributed by atoms with van der Waals surface area (Å²) in [6.45, 7) is 6.94. The number of nitrogens with zero attached hydrogens (tertiary/aromatic N) is 1. The molecule has 130 valence electrons. The number of aryl methyl sites for hydroxylation is 2. The van der Waals surface area contributed by atoms with Crippen molar-refractivity contribution in [3.05, 3.63) is 53.1 Å². The van der Waals surface area contributed by atoms with Crippen LogP contribution in [0.3, 0.4) is 0 Å². The molecule has 0 unspecified atom stereocenters. The van der Waals surface area contributed by atoms with Crippen molar-refractivity contribution in [1.29, 1.82) is 0 Å². The summed E-state index contributed by atoms with van der Waals surface area (Å²) in [6, 6.07) is 11.4. The van der Waals surface area contributed by atoms with Crippen LogP contribution >= 0.6 is 11.3 Å². The predicted octanol–water partition coefficient (Wildman–Crippen LogP) is 5.34. The molecule has 0 radical (unpaired) electrons. The zero-order chi connectivity index (χ0) is 17.8. The Morgan fingerprint density at radius 1 is 1.20 bits per heavy atom. The van der Waals surface area contributed by atoms with Crippen molar-refractivity contribution in [2.24, 2.45) is 0 Å². The lowest BCUT2D eigenvalue weighted by molar-refractivity contribution is 0.102. The fourth-order valence-electron chi connectivity index (χ4n) is 2.64. The summed E-state index contributed by atoms with van der Waals surface area (Å²) in [6.07, 6.45) is 2.13. The summed E-state index contributed by atoms with van der Waals surface area (Å²) < 4.78 is 6.73. The number of thiazole rings is 1. The first-order valence-corrected chi connectivity index (χ1v) is 9.30. The smallest absolute Gasteiger partial charge is 0.257 e. The highest BCUT2D eigenvalue weighted by atomic mass is 32.1. The van der Waals surface area contributed by atoms with E-state index in [0.717, 1.165) is 28.8 Å². The molecule has 0 fully saturated rings. The normalized spacial score (nSPS) is 10.8. The highest BCUT2D eigenvalue weighted by Gasteiger charge is 2.11. The first kappa shape index (κ1) is 17.4. The Bertz CT molecular complexity index is 885. The minimum absolute atomic E-state index is 0.159. The third kappa shape index (κ3) is 4.17. The molecular formula is C20H22N2O2S. The molecule has 3 aromatic rings. The lowest BCUT2D eigenvalue weighted by Crippen LogP contribution is -2.11. The van der Waals surface area contributed by atoms with Crippen molar-refractivity contribution in [3.63, 3.8) is 0 Å². The average Bonchev–Trinajstić information content (AvgIpc) is 2.98. The summed E-state index contributed by atoms with van der Waals surface area (Å²) in [5.74, 6) is 0.629. The van der Waals surface area contributed by atoms with Gasteiger partial charge in [0.2, 0.25) is 0 Å². The van der Waals surface area contributed by atoms with Gasteiger partial charge in [0.1, 0.15) is 5.75 Å². The monoisotopic (exact) mass is 354 g/mol. The average molecular weight is 354 g/mol. The molecule has 1 heterocycles. The molecule has 1 amide bonds. The second-order valence-electron chi connectivity index (χ2n) is 6.13. The van der Waals surface area contributed by atoms with Crippen LogP contribution < -0.4 is 10.1 Å². The van der Waals surface area contributed by atoms with Crippen LogP contribution in [0.4, 0.5) is 5.13 Å². The number of carbonyl (C=O) groups is 1. The highest BCUT2D eigenvalue weighted by molar-refractivity contribution is 7.22. The van der Waals surface area contributed by atoms with Crippen molar-refractivity contribution < 1.29 is 9.53 Å². The molecule has 0 aliphatic heterocycles. The third-order valence-electron chi connectivity index (χ3n) is 3.92. The van der Waals surface area contributed by atoms with E-state index in [0.29, 0.717) is 17.3 Å². The highest BCUT2D eigenvalue weighted by Crippen LogP contribution is 2.30. The van der Waals surface area contributed by atoms with Crippen molar-refractivity contribution in [3.8, 4) is 5.75 Å². The second-order valence-corrected chi connectivity index (χ2v) is 7.13. The van der Waals surface area contributed by atoms with Gasteiger partial charge in [-0.25, -0.2) is 4.98 Å². The van der Waals surface area contributed by atoms with Crippen molar-refractivity contribution in [2.45, 2.75) is 33.6 Å². The summed E-state index contributed by atoms with van der Waals surface area (Å²) in [7, 11) is 0. The van der Waals surface area contributed by atoms with Gasteiger partial charge in [-0.05, 0) is 61.7 Å². The molecule has 3 rings (SSSR count). The largest absolute Gasteiger partial charge is 0.494 e. The SMILES string of the molecule is CCCCOc1ccc(C(=O)Nc2nc3cc(C)cc(C)c3s2)cc1. The van der Waals surface area contributed by atoms with Crippen LogP contribution in [-0.4, -0.2) is 17.5 Å². The molecule has 0 saturated carbocycles. The Hall–Kier alpha value is -2.40. The van der Waals surface area contributed by atoms with Crippen molar-refractivity contribution in [2.75, 3.05) is 11.9 Å². The van der Waals surface area contributed by atoms with E-state index in [1.54, 1.807) is 12.1 Å². The lowest BCUT2D eigenvalue weighted by atomic mass is 10.1. The fourth-order valence-corrected chi connectivity index (χ4v) is 3.55. The number of anilines is 1. The molecule has 0 aliphatic rings. The van der Waals surface area contributed by atoms with Gasteiger partial charge in [-0.2, -0.15) is 0 Å². The van der Waals surface area contributed by atoms with Gasteiger partial charge in [0.15, 0.2) is 5.13 Å². The second kappa shape index (κ2) is 7.66. The number of hydrogen-bond donors (Lipinski definition) is 1. The van der Waals surface area contributed by atoms with Gasteiger partial charge in [-0.1, -0.05) is 30.7 Å². The molecule has 0 atom stereocenters. The van der Waals surface area contributed by atoms with E-state index in [1.807, 2.05) is 25.1 Å². The summed E-state index contributed by atoms with van der Waals surface area (Å²) in [5.41, 5.74) is 3.88. The topological polar surface area (TPSA) is 51.2 Å². The summed E-state index contributed by atoms with van der Waals surface area (Å²) in [5, 5.41) is 3.52. The number of unbranched alkanes of at least 4 members (excludes halogenated alkanes) is 1. The Morgan fingerprint density at radius 2 is 1.96 bits per heavy atom. The lowest BCUT2D eigenvalue weighted by Gasteiger charge is -2.06. The van der Waals surface area contributed by atoms with Gasteiger partial charge in [-0.3, -0.25) is 10.1 Å². The molecule has 0 bridgehead atoms. The first-order valence-electron chi connectivity index (χ1n) is 8.49. The zero-order valence-electron chi connectivity index (χ0n) is 14.8. The molecule has 4 nitrogen and oxygen atoms in total. The molecule has 0 saturated heterocycles. The number of fused-ring (bicyclic) bond motifs is 1. The van der Waals surface area contributed by atoms with Crippen LogP contribution in [0.2, 0.25) is 0 Å². The van der Waals surface area contributed by atoms with Gasteiger partial charge in [0, 0.05) is 5.56 Å². The van der Waals surface area contributed by atoms with E-state index in [-0.39, 0.29) is 5.91 Å². The number of hydrogen-bond acceptors (Lipinski definition) is 4. The van der Waals surface area contributed by atoms with E-state index in [4.69, 9.17) is 4.74 Å². The number of nitrogens with one attached hydrogen (secondary N) is 1. The minimum Gasteiger partial charge on any atom is -0.494 e. The van der Waals surface area contributed by atoms with Gasteiger partial charge in [-0.15, -0.1) is 0 Å². The maximum Gasteiger partial charge on any atom is 0.257 e. The Kier molecular flexibility index (Phi) is 5.34. The molecule has 2 aromatic carbocycles. The van der Waals surface area contributed by atoms with E-state index in [1.165, 1.54) is 22.5 Å². The number of amides is 1. The molecule has 0 spiro atoms. The van der Waals surface area contributed by atoms with Crippen molar-refractivity contribution in [1.82, 2.24) is 4.98 Å². The van der Waals surface area contributed by atoms with Gasteiger partial charge < -0.3 is 4.74 Å². The molecule has 25 heavy (non-hydrogen) atoms. The van der Waals surface area contributed by atoms with E-state index in [2.05, 4.69) is 30.2 Å². The third-order valence-corrected chi connectivity index (χ3v) is 5.05. The fraction of sp³-hybridized carbons (Fsp3) is 0.300. The number of carbonyl (C=O) groups excluding carboxylic acids is 1. The van der Waals surface area contributed by atoms with Crippen LogP contribution in [0.1, 0.15) is 41.3 Å². The van der Waals surface area contributed by atoms with E-state index in [9.17, 15) is 4.79 Å². The first-order chi connectivity index (χ1) is 12.1. The summed E-state index contributed by atoms with van der Waals surface area (Å²) >= 11 is 1.50. The van der Waals surface area contributed by atoms with E-state index >= 15 is 0 Å². The maximum absolute atomic E-state index is 12.4. The quantitative estimate of drug-likeness (QED) is 0.608. The minimum atomic E-state index is -0.159. The van der Waals surface area contributed by atoms with Crippen LogP contribution in [0.15, 0.2) is 36.4 Å². The Labute approximate surface area is 151 Å². The van der Waals surface area contributed by atoms with Crippen LogP contribution in [0.25, 0.3) is 10.2 Å². The number of benzene rings is 2. The number of aromatic nitrogens is 1. The maximum atomic E-state index is 12.4. The number of ether oxygens (including phenoxy) is 1. The standard InChI is InChI=1S/C20H22N2O2S/c1-4-5-10-24-16-8-6-15(7-9-16)19(23)22-20-21-17-12-13(2)11-14(3)18(17)25-20/h6-9,11-12H,4-5,10H2,1-3H3,(H,21,22,23). The molecule has 5 heteroatoms. The molecular weight excluding hydrogens is 332 g/mol. The molecule has 0 aliphatic carbocycles. The van der Waals surface area contributed by atoms with Gasteiger partial charge >= 0.3 is 0 Å². The Morgan fingerprint density at radius 3 is 2.68 bits per heavy atom. The van der Waals surface area contributed by atoms with Crippen molar-refractivity contribution >= 4 is 32.6 Å². The Balaban J connectivity index is 1.70. The molecule has 1 N–H and O–H groups in total. The van der Waals surface area contributed by atoms with Crippen LogP contribution in [0, 0.1) is 13.8 Å². The number of rotatable bonds is 6. The van der Waals surface area contributed by atoms with Gasteiger partial charge in [0.05, 0.1) is 16.8 Å². The van der Waals surface area contributed by atoms with Gasteiger partial charge in [0.25, 0.3) is 5.91 Å². The van der Waals surface area contributed by atoms with Crippen LogP contribution in [0.5, 0.6) is 5.75 Å². The van der Waals surface area contributed by atoms with Crippen LogP contribution in [-0.2, 0) is 0 Å². The molecule has 1 aromatic heterocycles. The summed E-state index contributed by atoms with van der Waals surface area (Å²) in [4.78, 5) is 17.0.